The first kappa shape index (κ1) is 22.7. The number of para-hydroxylation sites is 1. The van der Waals surface area contributed by atoms with Gasteiger partial charge in [0, 0.05) is 5.69 Å². The van der Waals surface area contributed by atoms with Gasteiger partial charge in [-0.2, -0.15) is 15.0 Å². The van der Waals surface area contributed by atoms with Gasteiger partial charge in [0.25, 0.3) is 11.8 Å². The Morgan fingerprint density at radius 3 is 2.14 bits per heavy atom. The molecule has 36 heavy (non-hydrogen) atoms. The second kappa shape index (κ2) is 9.63. The average molecular weight is 480 g/mol. The van der Waals surface area contributed by atoms with Gasteiger partial charge in [-0.25, -0.2) is 4.79 Å². The summed E-state index contributed by atoms with van der Waals surface area (Å²) in [5.41, 5.74) is 8.32. The van der Waals surface area contributed by atoms with Gasteiger partial charge >= 0.3 is 5.97 Å². The number of amides is 2. The third-order valence-electron chi connectivity index (χ3n) is 5.47. The molecule has 2 heterocycles. The minimum atomic E-state index is -0.584. The van der Waals surface area contributed by atoms with Gasteiger partial charge in [0.1, 0.15) is 0 Å². The van der Waals surface area contributed by atoms with E-state index in [9.17, 15) is 14.4 Å². The van der Waals surface area contributed by atoms with Crippen molar-refractivity contribution in [2.45, 2.75) is 13.2 Å². The number of nitrogens with two attached hydrogens (primary N) is 1. The Kier molecular flexibility index (Phi) is 6.06. The summed E-state index contributed by atoms with van der Waals surface area (Å²) >= 11 is 0. The highest BCUT2D eigenvalue weighted by atomic mass is 16.5. The Morgan fingerprint density at radius 2 is 1.47 bits per heavy atom. The van der Waals surface area contributed by atoms with E-state index in [1.807, 2.05) is 30.3 Å². The van der Waals surface area contributed by atoms with Gasteiger partial charge in [-0.15, -0.1) is 0 Å². The monoisotopic (exact) mass is 480 g/mol. The number of ether oxygens (including phenoxy) is 1. The van der Waals surface area contributed by atoms with Crippen LogP contribution in [0.4, 0.5) is 17.6 Å². The van der Waals surface area contributed by atoms with Gasteiger partial charge in [-0.1, -0.05) is 42.5 Å². The van der Waals surface area contributed by atoms with Gasteiger partial charge in [-0.3, -0.25) is 14.5 Å². The SMILES string of the molecule is Nc1nc(COC(=O)c2ccc(CN3C(=O)c4ccccc4C3=O)cc2)nc(Nc2ccccc2)n1. The molecule has 0 fully saturated rings. The van der Waals surface area contributed by atoms with Crippen LogP contribution in [-0.4, -0.2) is 37.6 Å². The van der Waals surface area contributed by atoms with Crippen LogP contribution in [0, 0.1) is 0 Å². The van der Waals surface area contributed by atoms with Crippen LogP contribution in [0.2, 0.25) is 0 Å². The lowest BCUT2D eigenvalue weighted by Crippen LogP contribution is -2.29. The highest BCUT2D eigenvalue weighted by molar-refractivity contribution is 6.21. The molecule has 0 saturated carbocycles. The first-order valence-electron chi connectivity index (χ1n) is 11.0. The van der Waals surface area contributed by atoms with Gasteiger partial charge in [0.2, 0.25) is 11.9 Å². The lowest BCUT2D eigenvalue weighted by Gasteiger charge is -2.14. The van der Waals surface area contributed by atoms with Crippen molar-refractivity contribution in [2.75, 3.05) is 11.1 Å². The number of esters is 1. The molecule has 2 amide bonds. The lowest BCUT2D eigenvalue weighted by molar-refractivity contribution is 0.0461. The summed E-state index contributed by atoms with van der Waals surface area (Å²) < 4.78 is 5.33. The van der Waals surface area contributed by atoms with Crippen molar-refractivity contribution < 1.29 is 19.1 Å². The van der Waals surface area contributed by atoms with Gasteiger partial charge in [0.15, 0.2) is 12.4 Å². The Hall–Kier alpha value is -5.12. The van der Waals surface area contributed by atoms with Crippen molar-refractivity contribution in [2.24, 2.45) is 0 Å². The number of anilines is 3. The van der Waals surface area contributed by atoms with Crippen LogP contribution in [0.1, 0.15) is 42.5 Å². The summed E-state index contributed by atoms with van der Waals surface area (Å²) in [6.45, 7) is -0.102. The van der Waals surface area contributed by atoms with Crippen molar-refractivity contribution >= 4 is 35.4 Å². The number of hydrogen-bond acceptors (Lipinski definition) is 9. The fraction of sp³-hybridized carbons (Fsp3) is 0.0769. The van der Waals surface area contributed by atoms with E-state index >= 15 is 0 Å². The van der Waals surface area contributed by atoms with E-state index in [-0.39, 0.29) is 42.7 Å². The van der Waals surface area contributed by atoms with Gasteiger partial charge in [0.05, 0.1) is 23.2 Å². The summed E-state index contributed by atoms with van der Waals surface area (Å²) in [7, 11) is 0. The minimum absolute atomic E-state index is 0.00742. The molecule has 4 aromatic rings. The molecule has 3 aromatic carbocycles. The number of nitrogen functional groups attached to an aromatic ring is 1. The molecule has 178 valence electrons. The molecule has 0 aliphatic carbocycles. The van der Waals surface area contributed by atoms with Crippen LogP contribution >= 0.6 is 0 Å². The number of carbonyl (C=O) groups is 3. The number of imide groups is 1. The predicted molar refractivity (Wildman–Crippen MR) is 130 cm³/mol. The third kappa shape index (κ3) is 4.73. The van der Waals surface area contributed by atoms with Crippen LogP contribution in [0.15, 0.2) is 78.9 Å². The van der Waals surface area contributed by atoms with Crippen LogP contribution in [0.5, 0.6) is 0 Å². The molecule has 10 heteroatoms. The maximum Gasteiger partial charge on any atom is 0.338 e. The predicted octanol–water partition coefficient (Wildman–Crippen LogP) is 3.35. The van der Waals surface area contributed by atoms with E-state index in [1.54, 1.807) is 48.5 Å². The number of benzene rings is 3. The molecule has 10 nitrogen and oxygen atoms in total. The summed E-state index contributed by atoms with van der Waals surface area (Å²) in [5.74, 6) is -0.840. The molecular formula is C26H20N6O4. The molecule has 0 saturated heterocycles. The maximum absolute atomic E-state index is 12.6. The molecule has 1 aliphatic heterocycles. The van der Waals surface area contributed by atoms with Crippen LogP contribution in [0.25, 0.3) is 0 Å². The van der Waals surface area contributed by atoms with E-state index in [0.717, 1.165) is 5.69 Å². The minimum Gasteiger partial charge on any atom is -0.454 e. The van der Waals surface area contributed by atoms with Crippen LogP contribution < -0.4 is 11.1 Å². The normalized spacial score (nSPS) is 12.4. The van der Waals surface area contributed by atoms with E-state index in [2.05, 4.69) is 20.3 Å². The molecule has 1 aromatic heterocycles. The van der Waals surface area contributed by atoms with Crippen molar-refractivity contribution in [3.63, 3.8) is 0 Å². The molecule has 1 aliphatic rings. The first-order chi connectivity index (χ1) is 17.5. The highest BCUT2D eigenvalue weighted by Crippen LogP contribution is 2.24. The quantitative estimate of drug-likeness (QED) is 0.301. The molecule has 0 unspecified atom stereocenters. The summed E-state index contributed by atoms with van der Waals surface area (Å²) in [4.78, 5) is 51.1. The maximum atomic E-state index is 12.6. The van der Waals surface area contributed by atoms with E-state index in [4.69, 9.17) is 10.5 Å². The Labute approximate surface area is 205 Å². The summed E-state index contributed by atoms with van der Waals surface area (Å²) in [6.07, 6.45) is 0. The molecule has 3 N–H and O–H groups in total. The van der Waals surface area contributed by atoms with Crippen LogP contribution in [0.3, 0.4) is 0 Å². The number of fused-ring (bicyclic) bond motifs is 1. The molecular weight excluding hydrogens is 460 g/mol. The third-order valence-corrected chi connectivity index (χ3v) is 5.47. The number of hydrogen-bond donors (Lipinski definition) is 2. The second-order valence-electron chi connectivity index (χ2n) is 7.94. The number of aromatic nitrogens is 3. The molecule has 0 atom stereocenters. The van der Waals surface area contributed by atoms with Crippen LogP contribution in [-0.2, 0) is 17.9 Å². The fourth-order valence-electron chi connectivity index (χ4n) is 3.73. The Morgan fingerprint density at radius 1 is 0.833 bits per heavy atom. The lowest BCUT2D eigenvalue weighted by atomic mass is 10.1. The Balaban J connectivity index is 1.20. The fourth-order valence-corrected chi connectivity index (χ4v) is 3.73. The van der Waals surface area contributed by atoms with Crippen molar-refractivity contribution in [3.05, 3.63) is 107 Å². The smallest absolute Gasteiger partial charge is 0.338 e. The van der Waals surface area contributed by atoms with E-state index in [1.165, 1.54) is 4.90 Å². The summed E-state index contributed by atoms with van der Waals surface area (Å²) in [5, 5.41) is 3.02. The van der Waals surface area contributed by atoms with Crippen molar-refractivity contribution in [1.82, 2.24) is 19.9 Å². The first-order valence-corrected chi connectivity index (χ1v) is 11.0. The molecule has 5 rings (SSSR count). The zero-order valence-electron chi connectivity index (χ0n) is 18.9. The molecule has 0 radical (unpaired) electrons. The van der Waals surface area contributed by atoms with Gasteiger partial charge in [-0.05, 0) is 42.0 Å². The zero-order chi connectivity index (χ0) is 25.1. The standard InChI is InChI=1S/C26H20N6O4/c27-25-29-21(30-26(31-25)28-18-6-2-1-3-7-18)15-36-24(35)17-12-10-16(11-13-17)14-32-22(33)19-8-4-5-9-20(19)23(32)34/h1-13H,14-15H2,(H3,27,28,29,30,31). The molecule has 0 spiro atoms. The largest absolute Gasteiger partial charge is 0.454 e. The second-order valence-corrected chi connectivity index (χ2v) is 7.94. The topological polar surface area (TPSA) is 140 Å². The van der Waals surface area contributed by atoms with Gasteiger partial charge < -0.3 is 15.8 Å². The molecule has 0 bridgehead atoms. The summed E-state index contributed by atoms with van der Waals surface area (Å²) in [6, 6.07) is 22.5. The van der Waals surface area contributed by atoms with Crippen molar-refractivity contribution in [3.8, 4) is 0 Å². The zero-order valence-corrected chi connectivity index (χ0v) is 18.9. The number of nitrogens with zero attached hydrogens (tertiary/aromatic N) is 4. The number of carbonyl (C=O) groups excluding carboxylic acids is 3. The Bertz CT molecular complexity index is 1420. The van der Waals surface area contributed by atoms with E-state index in [0.29, 0.717) is 22.3 Å². The average Bonchev–Trinajstić information content (AvgIpc) is 3.13. The van der Waals surface area contributed by atoms with E-state index < -0.39 is 5.97 Å². The number of nitrogens with one attached hydrogen (secondary N) is 1. The highest BCUT2D eigenvalue weighted by Gasteiger charge is 2.34. The number of rotatable bonds is 7. The van der Waals surface area contributed by atoms with Crippen molar-refractivity contribution in [1.29, 1.82) is 0 Å².